The van der Waals surface area contributed by atoms with Crippen LogP contribution in [0.4, 0.5) is 5.00 Å². The molecule has 1 aliphatic heterocycles. The van der Waals surface area contributed by atoms with Gasteiger partial charge in [0, 0.05) is 18.0 Å². The number of ether oxygens (including phenoxy) is 2. The highest BCUT2D eigenvalue weighted by molar-refractivity contribution is 7.17. The summed E-state index contributed by atoms with van der Waals surface area (Å²) in [6.45, 7) is 3.15. The van der Waals surface area contributed by atoms with Gasteiger partial charge in [0.15, 0.2) is 6.61 Å². The lowest BCUT2D eigenvalue weighted by atomic mass is 9.95. The monoisotopic (exact) mass is 428 g/mol. The second-order valence-electron chi connectivity index (χ2n) is 7.91. The van der Waals surface area contributed by atoms with Gasteiger partial charge in [-0.1, -0.05) is 12.1 Å². The Morgan fingerprint density at radius 1 is 1.23 bits per heavy atom. The fraction of sp³-hybridized carbons (Fsp3) is 0.478. The first-order valence-electron chi connectivity index (χ1n) is 10.6. The number of fused-ring (bicyclic) bond motifs is 1. The maximum absolute atomic E-state index is 13.0. The van der Waals surface area contributed by atoms with Gasteiger partial charge in [-0.05, 0) is 68.7 Å². The zero-order chi connectivity index (χ0) is 20.9. The first kappa shape index (κ1) is 20.9. The molecular formula is C23H28N2O4S. The van der Waals surface area contributed by atoms with Gasteiger partial charge in [-0.25, -0.2) is 0 Å². The molecule has 2 aliphatic rings. The first-order chi connectivity index (χ1) is 14.6. The molecule has 160 valence electrons. The van der Waals surface area contributed by atoms with Crippen LogP contribution in [0.3, 0.4) is 0 Å². The van der Waals surface area contributed by atoms with Gasteiger partial charge in [-0.2, -0.15) is 0 Å². The summed E-state index contributed by atoms with van der Waals surface area (Å²) < 4.78 is 11.2. The second-order valence-corrected chi connectivity index (χ2v) is 9.02. The van der Waals surface area contributed by atoms with Crippen molar-refractivity contribution in [2.24, 2.45) is 0 Å². The lowest BCUT2D eigenvalue weighted by Crippen LogP contribution is -2.33. The summed E-state index contributed by atoms with van der Waals surface area (Å²) in [5.74, 6) is 0.272. The zero-order valence-corrected chi connectivity index (χ0v) is 18.1. The van der Waals surface area contributed by atoms with Crippen LogP contribution in [-0.4, -0.2) is 37.7 Å². The molecule has 2 aromatic rings. The minimum absolute atomic E-state index is 0.0872. The van der Waals surface area contributed by atoms with Crippen LogP contribution in [0, 0.1) is 6.92 Å². The lowest BCUT2D eigenvalue weighted by Gasteiger charge is -2.15. The number of amides is 2. The summed E-state index contributed by atoms with van der Waals surface area (Å²) in [6, 6.07) is 7.59. The summed E-state index contributed by atoms with van der Waals surface area (Å²) in [6.07, 6.45) is 6.13. The van der Waals surface area contributed by atoms with Crippen molar-refractivity contribution in [2.75, 3.05) is 25.1 Å². The van der Waals surface area contributed by atoms with E-state index in [1.54, 1.807) is 0 Å². The van der Waals surface area contributed by atoms with Crippen LogP contribution in [0.1, 0.15) is 52.0 Å². The van der Waals surface area contributed by atoms with Gasteiger partial charge in [-0.3, -0.25) is 9.59 Å². The van der Waals surface area contributed by atoms with Crippen molar-refractivity contribution >= 4 is 28.2 Å². The molecule has 6 nitrogen and oxygen atoms in total. The number of rotatable bonds is 7. The summed E-state index contributed by atoms with van der Waals surface area (Å²) in [5, 5.41) is 6.57. The largest absolute Gasteiger partial charge is 0.484 e. The number of anilines is 1. The molecule has 0 spiro atoms. The molecule has 1 aliphatic carbocycles. The molecule has 0 saturated carbocycles. The second kappa shape index (κ2) is 9.62. The van der Waals surface area contributed by atoms with E-state index in [-0.39, 0.29) is 24.5 Å². The van der Waals surface area contributed by atoms with Crippen LogP contribution in [0.25, 0.3) is 0 Å². The topological polar surface area (TPSA) is 76.7 Å². The number of hydrogen-bond acceptors (Lipinski definition) is 5. The van der Waals surface area contributed by atoms with Gasteiger partial charge < -0.3 is 20.1 Å². The Morgan fingerprint density at radius 2 is 2.10 bits per heavy atom. The molecule has 7 heteroatoms. The summed E-state index contributed by atoms with van der Waals surface area (Å²) in [4.78, 5) is 26.8. The van der Waals surface area contributed by atoms with Gasteiger partial charge >= 0.3 is 0 Å². The van der Waals surface area contributed by atoms with Crippen LogP contribution in [0.2, 0.25) is 0 Å². The van der Waals surface area contributed by atoms with Gasteiger partial charge in [0.05, 0.1) is 11.7 Å². The van der Waals surface area contributed by atoms with Crippen LogP contribution >= 0.6 is 11.3 Å². The summed E-state index contributed by atoms with van der Waals surface area (Å²) in [5.41, 5.74) is 2.78. The SMILES string of the molecule is Cc1cccc(OCC(=O)Nc2sc3c(c2C(=O)NCC2CCCO2)CCCC3)c1. The Hall–Kier alpha value is -2.38. The molecular weight excluding hydrogens is 400 g/mol. The molecule has 2 heterocycles. The minimum Gasteiger partial charge on any atom is -0.484 e. The number of hydrogen-bond donors (Lipinski definition) is 2. The smallest absolute Gasteiger partial charge is 0.262 e. The summed E-state index contributed by atoms with van der Waals surface area (Å²) >= 11 is 1.52. The minimum atomic E-state index is -0.261. The molecule has 4 rings (SSSR count). The molecule has 30 heavy (non-hydrogen) atoms. The van der Waals surface area contributed by atoms with E-state index >= 15 is 0 Å². The van der Waals surface area contributed by atoms with E-state index in [0.29, 0.717) is 22.9 Å². The van der Waals surface area contributed by atoms with Crippen molar-refractivity contribution in [1.82, 2.24) is 5.32 Å². The van der Waals surface area contributed by atoms with E-state index in [1.807, 2.05) is 31.2 Å². The Balaban J connectivity index is 1.44. The first-order valence-corrected chi connectivity index (χ1v) is 11.5. The van der Waals surface area contributed by atoms with E-state index in [2.05, 4.69) is 10.6 Å². The number of carbonyl (C=O) groups excluding carboxylic acids is 2. The van der Waals surface area contributed by atoms with Crippen LogP contribution < -0.4 is 15.4 Å². The molecule has 1 saturated heterocycles. The fourth-order valence-electron chi connectivity index (χ4n) is 4.01. The van der Waals surface area contributed by atoms with Crippen molar-refractivity contribution in [1.29, 1.82) is 0 Å². The number of carbonyl (C=O) groups is 2. The predicted octanol–water partition coefficient (Wildman–Crippen LogP) is 3.86. The zero-order valence-electron chi connectivity index (χ0n) is 17.3. The Labute approximate surface area is 181 Å². The van der Waals surface area contributed by atoms with Gasteiger partial charge in [0.25, 0.3) is 11.8 Å². The normalized spacial score (nSPS) is 18.0. The standard InChI is InChI=1S/C23H28N2O4S/c1-15-6-4-7-16(12-15)29-14-20(26)25-23-21(18-9-2-3-10-19(18)30-23)22(27)24-13-17-8-5-11-28-17/h4,6-7,12,17H,2-3,5,8-11,13-14H2,1H3,(H,24,27)(H,25,26). The quantitative estimate of drug-likeness (QED) is 0.702. The Bertz CT molecular complexity index is 918. The Kier molecular flexibility index (Phi) is 6.69. The molecule has 0 radical (unpaired) electrons. The molecule has 1 atom stereocenters. The molecule has 1 unspecified atom stereocenters. The van der Waals surface area contributed by atoms with Crippen LogP contribution in [0.5, 0.6) is 5.75 Å². The van der Waals surface area contributed by atoms with Gasteiger partial charge in [0.1, 0.15) is 10.8 Å². The van der Waals surface area contributed by atoms with E-state index in [1.165, 1.54) is 16.2 Å². The maximum atomic E-state index is 13.0. The molecule has 1 fully saturated rings. The van der Waals surface area contributed by atoms with Crippen molar-refractivity contribution in [3.63, 3.8) is 0 Å². The Morgan fingerprint density at radius 3 is 2.90 bits per heavy atom. The van der Waals surface area contributed by atoms with E-state index in [0.717, 1.165) is 56.3 Å². The van der Waals surface area contributed by atoms with Gasteiger partial charge in [0.2, 0.25) is 0 Å². The molecule has 1 aromatic carbocycles. The van der Waals surface area contributed by atoms with Gasteiger partial charge in [-0.15, -0.1) is 11.3 Å². The third-order valence-electron chi connectivity index (χ3n) is 5.53. The number of benzene rings is 1. The van der Waals surface area contributed by atoms with Crippen molar-refractivity contribution < 1.29 is 19.1 Å². The van der Waals surface area contributed by atoms with Crippen molar-refractivity contribution in [3.05, 3.63) is 45.8 Å². The van der Waals surface area contributed by atoms with E-state index < -0.39 is 0 Å². The molecule has 1 aromatic heterocycles. The van der Waals surface area contributed by atoms with Crippen LogP contribution in [0.15, 0.2) is 24.3 Å². The average molecular weight is 429 g/mol. The maximum Gasteiger partial charge on any atom is 0.262 e. The highest BCUT2D eigenvalue weighted by atomic mass is 32.1. The summed E-state index contributed by atoms with van der Waals surface area (Å²) in [7, 11) is 0. The predicted molar refractivity (Wildman–Crippen MR) is 118 cm³/mol. The van der Waals surface area contributed by atoms with Crippen molar-refractivity contribution in [3.8, 4) is 5.75 Å². The third-order valence-corrected chi connectivity index (χ3v) is 6.73. The average Bonchev–Trinajstić information content (AvgIpc) is 3.38. The van der Waals surface area contributed by atoms with E-state index in [9.17, 15) is 9.59 Å². The highest BCUT2D eigenvalue weighted by Crippen LogP contribution is 2.38. The van der Waals surface area contributed by atoms with E-state index in [4.69, 9.17) is 9.47 Å². The highest BCUT2D eigenvalue weighted by Gasteiger charge is 2.27. The molecule has 2 N–H and O–H groups in total. The molecule has 2 amide bonds. The number of nitrogens with one attached hydrogen (secondary N) is 2. The van der Waals surface area contributed by atoms with Crippen molar-refractivity contribution in [2.45, 2.75) is 51.6 Å². The number of thiophene rings is 1. The fourth-order valence-corrected chi connectivity index (χ4v) is 5.31. The third kappa shape index (κ3) is 5.02. The lowest BCUT2D eigenvalue weighted by molar-refractivity contribution is -0.118. The molecule has 0 bridgehead atoms. The van der Waals surface area contributed by atoms with Crippen LogP contribution in [-0.2, 0) is 22.4 Å². The number of aryl methyl sites for hydroxylation is 2.